The molecule has 43 heavy (non-hydrogen) atoms. The van der Waals surface area contributed by atoms with Gasteiger partial charge in [-0.2, -0.15) is 13.2 Å². The number of nitrogens with one attached hydrogen (secondary N) is 1. The van der Waals surface area contributed by atoms with Gasteiger partial charge in [-0.25, -0.2) is 14.4 Å². The van der Waals surface area contributed by atoms with Gasteiger partial charge in [0.2, 0.25) is 5.95 Å². The molecule has 0 saturated carbocycles. The van der Waals surface area contributed by atoms with Crippen molar-refractivity contribution in [3.8, 4) is 0 Å². The van der Waals surface area contributed by atoms with Gasteiger partial charge in [-0.05, 0) is 51.1 Å². The van der Waals surface area contributed by atoms with Crippen molar-refractivity contribution in [2.24, 2.45) is 7.05 Å². The van der Waals surface area contributed by atoms with E-state index in [0.29, 0.717) is 55.9 Å². The van der Waals surface area contributed by atoms with Crippen LogP contribution < -0.4 is 20.7 Å². The number of amides is 1. The summed E-state index contributed by atoms with van der Waals surface area (Å²) in [4.78, 5) is 40.1. The van der Waals surface area contributed by atoms with E-state index in [-0.39, 0.29) is 23.3 Å². The Morgan fingerprint density at radius 3 is 2.35 bits per heavy atom. The van der Waals surface area contributed by atoms with E-state index in [2.05, 4.69) is 20.2 Å². The molecule has 0 bridgehead atoms. The summed E-state index contributed by atoms with van der Waals surface area (Å²) >= 11 is 0. The lowest BCUT2D eigenvalue weighted by molar-refractivity contribution is -0.138. The topological polar surface area (TPSA) is 86.6 Å². The largest absolute Gasteiger partial charge is 0.417 e. The van der Waals surface area contributed by atoms with Gasteiger partial charge in [0.15, 0.2) is 0 Å². The second kappa shape index (κ2) is 11.8. The molecule has 2 aliphatic heterocycles. The maximum absolute atomic E-state index is 15.9. The molecule has 2 unspecified atom stereocenters. The second-order valence-electron chi connectivity index (χ2n) is 11.1. The zero-order chi connectivity index (χ0) is 31.1. The minimum absolute atomic E-state index is 0.0935. The number of alkyl halides is 3. The van der Waals surface area contributed by atoms with Gasteiger partial charge < -0.3 is 19.7 Å². The lowest BCUT2D eigenvalue weighted by atomic mass is 9.98. The lowest BCUT2D eigenvalue weighted by Crippen LogP contribution is -2.55. The maximum atomic E-state index is 15.9. The van der Waals surface area contributed by atoms with Crippen LogP contribution in [0.3, 0.4) is 0 Å². The van der Waals surface area contributed by atoms with Crippen LogP contribution in [0.1, 0.15) is 41.8 Å². The summed E-state index contributed by atoms with van der Waals surface area (Å²) in [6.45, 7) is 6.00. The van der Waals surface area contributed by atoms with Gasteiger partial charge in [0.25, 0.3) is 11.5 Å². The molecular formula is C30H33F4N7O2. The van der Waals surface area contributed by atoms with Crippen LogP contribution in [-0.4, -0.2) is 70.7 Å². The fourth-order valence-electron chi connectivity index (χ4n) is 5.57. The number of nitrogens with zero attached hydrogens (tertiary/aromatic N) is 6. The highest BCUT2D eigenvalue weighted by Crippen LogP contribution is 2.37. The summed E-state index contributed by atoms with van der Waals surface area (Å²) in [5, 5.41) is 2.63. The summed E-state index contributed by atoms with van der Waals surface area (Å²) < 4.78 is 58.5. The van der Waals surface area contributed by atoms with E-state index in [4.69, 9.17) is 0 Å². The highest BCUT2D eigenvalue weighted by Gasteiger charge is 2.37. The van der Waals surface area contributed by atoms with Gasteiger partial charge in [0.1, 0.15) is 5.82 Å². The monoisotopic (exact) mass is 599 g/mol. The van der Waals surface area contributed by atoms with Crippen LogP contribution in [0.4, 0.5) is 34.9 Å². The molecule has 9 nitrogen and oxygen atoms in total. The maximum Gasteiger partial charge on any atom is 0.417 e. The summed E-state index contributed by atoms with van der Waals surface area (Å²) in [5.74, 6) is -1.09. The zero-order valence-electron chi connectivity index (χ0n) is 24.3. The van der Waals surface area contributed by atoms with E-state index >= 15 is 4.39 Å². The van der Waals surface area contributed by atoms with Crippen molar-refractivity contribution < 1.29 is 22.4 Å². The van der Waals surface area contributed by atoms with Crippen LogP contribution in [0.15, 0.2) is 53.7 Å². The standard InChI is InChI=1S/C30H33F4N7O2/c1-18-14-41(15-19(2)39(18)4)26-13-24(31)21(20-7-5-10-40(16-20)29-35-8-6-9-36-29)11-25(26)37-28(43)22-17-38(3)27(42)12-23(22)30(32,33)34/h6-9,11-13,17-19H,5,10,14-16H2,1-4H3,(H,37,43). The molecule has 228 valence electrons. The Balaban J connectivity index is 1.57. The first-order valence-corrected chi connectivity index (χ1v) is 13.9. The molecule has 1 N–H and O–H groups in total. The first-order chi connectivity index (χ1) is 20.3. The quantitative estimate of drug-likeness (QED) is 0.435. The predicted octanol–water partition coefficient (Wildman–Crippen LogP) is 4.41. The molecule has 1 saturated heterocycles. The Morgan fingerprint density at radius 1 is 1.02 bits per heavy atom. The Kier molecular flexibility index (Phi) is 8.28. The number of carbonyl (C=O) groups is 1. The molecule has 3 aromatic rings. The first-order valence-electron chi connectivity index (χ1n) is 13.9. The van der Waals surface area contributed by atoms with E-state index in [1.54, 1.807) is 18.5 Å². The molecule has 2 aliphatic rings. The third-order valence-electron chi connectivity index (χ3n) is 8.14. The number of piperazine rings is 1. The molecule has 4 heterocycles. The van der Waals surface area contributed by atoms with Gasteiger partial charge in [-0.3, -0.25) is 14.5 Å². The van der Waals surface area contributed by atoms with Gasteiger partial charge >= 0.3 is 6.18 Å². The van der Waals surface area contributed by atoms with Gasteiger partial charge in [-0.1, -0.05) is 6.08 Å². The number of benzene rings is 1. The number of likely N-dealkylation sites (N-methyl/N-ethyl adjacent to an activating group) is 1. The normalized spacial score (nSPS) is 19.8. The molecule has 1 amide bonds. The second-order valence-corrected chi connectivity index (χ2v) is 11.1. The van der Waals surface area contributed by atoms with Gasteiger partial charge in [-0.15, -0.1) is 0 Å². The molecule has 13 heteroatoms. The number of halogens is 4. The summed E-state index contributed by atoms with van der Waals surface area (Å²) in [7, 11) is 3.26. The fourth-order valence-corrected chi connectivity index (χ4v) is 5.57. The Hall–Kier alpha value is -4.26. The molecule has 1 fully saturated rings. The Bertz CT molecular complexity index is 1590. The average Bonchev–Trinajstić information content (AvgIpc) is 2.97. The molecule has 0 spiro atoms. The first kappa shape index (κ1) is 30.2. The minimum Gasteiger partial charge on any atom is -0.367 e. The van der Waals surface area contributed by atoms with Crippen molar-refractivity contribution in [1.29, 1.82) is 0 Å². The van der Waals surface area contributed by atoms with Crippen molar-refractivity contribution in [2.75, 3.05) is 48.3 Å². The molecular weight excluding hydrogens is 566 g/mol. The number of carbonyl (C=O) groups excluding carboxylic acids is 1. The number of hydrogen-bond donors (Lipinski definition) is 1. The summed E-state index contributed by atoms with van der Waals surface area (Å²) in [5.41, 5.74) is -1.57. The third-order valence-corrected chi connectivity index (χ3v) is 8.14. The molecule has 2 atom stereocenters. The van der Waals surface area contributed by atoms with E-state index < -0.39 is 34.6 Å². The summed E-state index contributed by atoms with van der Waals surface area (Å²) in [6.07, 6.45) is 1.67. The molecule has 5 rings (SSSR count). The van der Waals surface area contributed by atoms with Crippen molar-refractivity contribution in [3.63, 3.8) is 0 Å². The SMILES string of the molecule is CC1CN(c2cc(F)c(C3=CCCN(c4ncccn4)C3)cc2NC(=O)c2cn(C)c(=O)cc2C(F)(F)F)CC(C)N1C. The average molecular weight is 600 g/mol. The van der Waals surface area contributed by atoms with Crippen LogP contribution in [0.25, 0.3) is 5.57 Å². The van der Waals surface area contributed by atoms with E-state index in [0.717, 1.165) is 10.8 Å². The number of hydrogen-bond acceptors (Lipinski definition) is 7. The number of aromatic nitrogens is 3. The Labute approximate surface area is 246 Å². The van der Waals surface area contributed by atoms with Crippen LogP contribution in [-0.2, 0) is 13.2 Å². The van der Waals surface area contributed by atoms with Crippen molar-refractivity contribution >= 4 is 28.8 Å². The van der Waals surface area contributed by atoms with Crippen LogP contribution >= 0.6 is 0 Å². The fraction of sp³-hybridized carbons (Fsp3) is 0.400. The van der Waals surface area contributed by atoms with Crippen LogP contribution in [0, 0.1) is 5.82 Å². The summed E-state index contributed by atoms with van der Waals surface area (Å²) in [6, 6.07) is 5.11. The number of rotatable bonds is 5. The highest BCUT2D eigenvalue weighted by molar-refractivity contribution is 6.07. The highest BCUT2D eigenvalue weighted by atomic mass is 19.4. The number of aryl methyl sites for hydroxylation is 1. The van der Waals surface area contributed by atoms with Crippen molar-refractivity contribution in [1.82, 2.24) is 19.4 Å². The third kappa shape index (κ3) is 6.26. The number of anilines is 3. The molecule has 1 aromatic carbocycles. The van der Waals surface area contributed by atoms with Gasteiger partial charge in [0, 0.05) is 75.5 Å². The van der Waals surface area contributed by atoms with Crippen molar-refractivity contribution in [3.05, 3.63) is 81.8 Å². The molecule has 0 radical (unpaired) electrons. The zero-order valence-corrected chi connectivity index (χ0v) is 24.3. The lowest BCUT2D eigenvalue weighted by Gasteiger charge is -2.44. The minimum atomic E-state index is -4.94. The van der Waals surface area contributed by atoms with E-state index in [1.165, 1.54) is 19.2 Å². The van der Waals surface area contributed by atoms with Gasteiger partial charge in [0.05, 0.1) is 22.5 Å². The number of pyridine rings is 1. The predicted molar refractivity (Wildman–Crippen MR) is 157 cm³/mol. The van der Waals surface area contributed by atoms with Crippen molar-refractivity contribution in [2.45, 2.75) is 38.5 Å². The van der Waals surface area contributed by atoms with Crippen LogP contribution in [0.2, 0.25) is 0 Å². The molecule has 2 aromatic heterocycles. The van der Waals surface area contributed by atoms with Crippen LogP contribution in [0.5, 0.6) is 0 Å². The van der Waals surface area contributed by atoms with E-state index in [9.17, 15) is 22.8 Å². The Morgan fingerprint density at radius 2 is 1.70 bits per heavy atom. The smallest absolute Gasteiger partial charge is 0.367 e. The molecule has 0 aliphatic carbocycles. The van der Waals surface area contributed by atoms with E-state index in [1.807, 2.05) is 36.8 Å².